The first-order valence-corrected chi connectivity index (χ1v) is 19.1. The number of hydrogen-bond acceptors (Lipinski definition) is 12. The summed E-state index contributed by atoms with van der Waals surface area (Å²) in [5.74, 6) is -0.243. The van der Waals surface area contributed by atoms with Gasteiger partial charge in [-0.05, 0) is 57.5 Å². The van der Waals surface area contributed by atoms with Crippen LogP contribution < -0.4 is 20.1 Å². The van der Waals surface area contributed by atoms with Gasteiger partial charge in [-0.3, -0.25) is 4.79 Å². The normalized spacial score (nSPS) is 19.6. The van der Waals surface area contributed by atoms with E-state index in [0.717, 1.165) is 59.3 Å². The second kappa shape index (κ2) is 18.2. The Bertz CT molecular complexity index is 2170. The van der Waals surface area contributed by atoms with Crippen molar-refractivity contribution in [3.63, 3.8) is 0 Å². The molecule has 6 rings (SSSR count). The number of fused-ring (bicyclic) bond motifs is 2. The second-order valence-electron chi connectivity index (χ2n) is 13.6. The average Bonchev–Trinajstić information content (AvgIpc) is 3.66. The van der Waals surface area contributed by atoms with E-state index in [-0.39, 0.29) is 19.8 Å². The topological polar surface area (TPSA) is 185 Å². The quantitative estimate of drug-likeness (QED) is 0.0695. The van der Waals surface area contributed by atoms with Gasteiger partial charge in [0.1, 0.15) is 61.1 Å². The summed E-state index contributed by atoms with van der Waals surface area (Å²) in [6, 6.07) is 18.8. The van der Waals surface area contributed by atoms with Crippen molar-refractivity contribution in [3.05, 3.63) is 83.5 Å². The van der Waals surface area contributed by atoms with Crippen LogP contribution in [0.15, 0.2) is 71.3 Å². The fourth-order valence-corrected chi connectivity index (χ4v) is 7.21. The third-order valence-corrected chi connectivity index (χ3v) is 10.1. The predicted octanol–water partition coefficient (Wildman–Crippen LogP) is 2.77. The summed E-state index contributed by atoms with van der Waals surface area (Å²) < 4.78 is 27.6. The number of esters is 1. The molecular weight excluding hydrogens is 720 g/mol. The Hall–Kier alpha value is -5.19. The first-order chi connectivity index (χ1) is 27.1. The SMILES string of the molecule is CCN(CC)c1ccc2c(-c3ccccc3C(=O)OCCn3cc(CO[C@@H]4O[C@H](CO)[C@@H](O)[C@H](O)[C@H]4NC(C)=O)nn3)c3ccc(=[N+](CC)CC)cc-3oc2c1. The van der Waals surface area contributed by atoms with Crippen LogP contribution in [0.2, 0.25) is 0 Å². The minimum absolute atomic E-state index is 0.00149. The van der Waals surface area contributed by atoms with E-state index >= 15 is 0 Å². The molecule has 0 spiro atoms. The summed E-state index contributed by atoms with van der Waals surface area (Å²) in [4.78, 5) is 27.8. The number of hydrogen-bond donors (Lipinski definition) is 4. The van der Waals surface area contributed by atoms with Crippen molar-refractivity contribution in [1.29, 1.82) is 0 Å². The molecule has 4 N–H and O–H groups in total. The number of amides is 1. The monoisotopic (exact) mass is 771 g/mol. The number of aromatic nitrogens is 3. The Balaban J connectivity index is 1.21. The molecule has 1 aliphatic carbocycles. The number of benzene rings is 3. The molecule has 0 bridgehead atoms. The smallest absolute Gasteiger partial charge is 0.338 e. The van der Waals surface area contributed by atoms with Crippen LogP contribution in [0.4, 0.5) is 5.69 Å². The van der Waals surface area contributed by atoms with Gasteiger partial charge in [0.2, 0.25) is 11.3 Å². The van der Waals surface area contributed by atoms with E-state index in [0.29, 0.717) is 22.6 Å². The second-order valence-corrected chi connectivity index (χ2v) is 13.6. The van der Waals surface area contributed by atoms with Crippen LogP contribution in [0.25, 0.3) is 33.4 Å². The molecule has 3 heterocycles. The number of carbonyl (C=O) groups excluding carboxylic acids is 2. The van der Waals surface area contributed by atoms with E-state index in [2.05, 4.69) is 89.2 Å². The van der Waals surface area contributed by atoms with E-state index in [1.807, 2.05) is 18.2 Å². The van der Waals surface area contributed by atoms with Crippen molar-refractivity contribution in [3.8, 4) is 22.5 Å². The molecule has 298 valence electrons. The van der Waals surface area contributed by atoms with Gasteiger partial charge >= 0.3 is 5.97 Å². The zero-order valence-corrected chi connectivity index (χ0v) is 32.4. The molecule has 0 saturated carbocycles. The number of aliphatic hydroxyl groups is 3. The van der Waals surface area contributed by atoms with Crippen LogP contribution in [0, 0.1) is 0 Å². The Labute approximate surface area is 325 Å². The number of ether oxygens (including phenoxy) is 3. The lowest BCUT2D eigenvalue weighted by Crippen LogP contribution is -2.64. The fourth-order valence-electron chi connectivity index (χ4n) is 7.21. The lowest BCUT2D eigenvalue weighted by atomic mass is 9.90. The van der Waals surface area contributed by atoms with Crippen LogP contribution in [-0.4, -0.2) is 112 Å². The molecule has 2 aromatic carbocycles. The largest absolute Gasteiger partial charge is 0.460 e. The van der Waals surface area contributed by atoms with Gasteiger partial charge < -0.3 is 44.2 Å². The predicted molar refractivity (Wildman–Crippen MR) is 209 cm³/mol. The summed E-state index contributed by atoms with van der Waals surface area (Å²) >= 11 is 0. The molecule has 1 aromatic heterocycles. The van der Waals surface area contributed by atoms with Gasteiger partial charge in [-0.15, -0.1) is 5.10 Å². The van der Waals surface area contributed by atoms with Crippen molar-refractivity contribution < 1.29 is 43.5 Å². The summed E-state index contributed by atoms with van der Waals surface area (Å²) in [7, 11) is 0. The average molecular weight is 772 g/mol. The highest BCUT2D eigenvalue weighted by molar-refractivity contribution is 6.08. The molecule has 3 aromatic rings. The number of carbonyl (C=O) groups is 2. The Morgan fingerprint density at radius 1 is 0.982 bits per heavy atom. The zero-order chi connectivity index (χ0) is 39.9. The molecule has 56 heavy (non-hydrogen) atoms. The molecule has 0 radical (unpaired) electrons. The van der Waals surface area contributed by atoms with Gasteiger partial charge in [0.05, 0.1) is 37.6 Å². The maximum Gasteiger partial charge on any atom is 0.338 e. The van der Waals surface area contributed by atoms with Crippen LogP contribution in [0.5, 0.6) is 0 Å². The van der Waals surface area contributed by atoms with Crippen molar-refractivity contribution in [2.75, 3.05) is 44.3 Å². The summed E-state index contributed by atoms with van der Waals surface area (Å²) in [6.07, 6.45) is -3.54. The third-order valence-electron chi connectivity index (χ3n) is 10.1. The molecule has 1 amide bonds. The van der Waals surface area contributed by atoms with Gasteiger partial charge in [0, 0.05) is 54.3 Å². The molecule has 5 atom stereocenters. The van der Waals surface area contributed by atoms with Crippen LogP contribution in [0.1, 0.15) is 50.7 Å². The van der Waals surface area contributed by atoms with E-state index in [1.54, 1.807) is 12.3 Å². The van der Waals surface area contributed by atoms with Crippen LogP contribution in [-0.2, 0) is 32.2 Å². The maximum atomic E-state index is 13.8. The number of nitrogens with zero attached hydrogens (tertiary/aromatic N) is 5. The fraction of sp³-hybridized carbons (Fsp3) is 0.439. The highest BCUT2D eigenvalue weighted by Gasteiger charge is 2.45. The third kappa shape index (κ3) is 8.61. The van der Waals surface area contributed by atoms with Crippen molar-refractivity contribution in [1.82, 2.24) is 24.9 Å². The standard InChI is InChI=1S/C41H50N6O9/c1-6-45(7-2)27-14-16-31-33(20-27)55-34-21-28(46(8-3)9-4)15-17-32(34)36(31)29-12-10-11-13-30(29)40(52)53-19-18-47-22-26(43-44-47)24-54-41-37(42-25(5)49)39(51)38(50)35(23-48)56-41/h10-17,20-22,35,37-39,41,48,50-51H,6-9,18-19,23-24H2,1-5H3/p+1/t35-,37-,38-,39-,41-/m1/s1. The van der Waals surface area contributed by atoms with Gasteiger partial charge in [-0.1, -0.05) is 23.4 Å². The molecule has 1 fully saturated rings. The molecule has 15 nitrogen and oxygen atoms in total. The van der Waals surface area contributed by atoms with Crippen molar-refractivity contribution >= 4 is 28.5 Å². The first kappa shape index (κ1) is 40.5. The highest BCUT2D eigenvalue weighted by Crippen LogP contribution is 2.42. The molecule has 1 saturated heterocycles. The van der Waals surface area contributed by atoms with Crippen LogP contribution in [0.3, 0.4) is 0 Å². The lowest BCUT2D eigenvalue weighted by molar-refractivity contribution is -0.273. The number of aliphatic hydroxyl groups excluding tert-OH is 3. The number of nitrogens with one attached hydrogen (secondary N) is 1. The number of rotatable bonds is 15. The van der Waals surface area contributed by atoms with E-state index in [1.165, 1.54) is 11.6 Å². The molecule has 3 aliphatic rings. The highest BCUT2D eigenvalue weighted by atomic mass is 16.7. The minimum Gasteiger partial charge on any atom is -0.460 e. The zero-order valence-electron chi connectivity index (χ0n) is 32.4. The number of anilines is 1. The first-order valence-electron chi connectivity index (χ1n) is 19.1. The Morgan fingerprint density at radius 3 is 2.46 bits per heavy atom. The molecule has 0 unspecified atom stereocenters. The molecular formula is C41H51N6O9+. The van der Waals surface area contributed by atoms with Gasteiger partial charge in [-0.2, -0.15) is 0 Å². The van der Waals surface area contributed by atoms with E-state index in [4.69, 9.17) is 18.6 Å². The van der Waals surface area contributed by atoms with Crippen molar-refractivity contribution in [2.24, 2.45) is 0 Å². The van der Waals surface area contributed by atoms with Gasteiger partial charge in [0.15, 0.2) is 6.29 Å². The van der Waals surface area contributed by atoms with E-state index < -0.39 is 49.1 Å². The van der Waals surface area contributed by atoms with Crippen molar-refractivity contribution in [2.45, 2.75) is 78.4 Å². The maximum absolute atomic E-state index is 13.8. The molecule has 15 heteroatoms. The lowest BCUT2D eigenvalue weighted by Gasteiger charge is -2.42. The van der Waals surface area contributed by atoms with Gasteiger partial charge in [0.25, 0.3) is 0 Å². The minimum atomic E-state index is -1.43. The summed E-state index contributed by atoms with van der Waals surface area (Å²) in [6.45, 7) is 12.7. The Morgan fingerprint density at radius 2 is 1.75 bits per heavy atom. The summed E-state index contributed by atoms with van der Waals surface area (Å²) in [5.41, 5.74) is 5.04. The van der Waals surface area contributed by atoms with E-state index in [9.17, 15) is 24.9 Å². The molecule has 2 aliphatic heterocycles. The van der Waals surface area contributed by atoms with Gasteiger partial charge in [-0.25, -0.2) is 14.1 Å². The Kier molecular flexibility index (Phi) is 13.1. The summed E-state index contributed by atoms with van der Waals surface area (Å²) in [5, 5.41) is 43.0. The van der Waals surface area contributed by atoms with Crippen LogP contribution >= 0.6 is 0 Å².